The monoisotopic (exact) mass is 303 g/mol. The van der Waals surface area contributed by atoms with E-state index < -0.39 is 24.1 Å². The van der Waals surface area contributed by atoms with Crippen molar-refractivity contribution >= 4 is 30.8 Å². The number of carbonyl (C=O) groups excluding carboxylic acids is 3. The van der Waals surface area contributed by atoms with Crippen LogP contribution in [0.15, 0.2) is 24.3 Å². The lowest BCUT2D eigenvalue weighted by Crippen LogP contribution is -2.33. The molecule has 0 spiro atoms. The molecule has 0 atom stereocenters. The van der Waals surface area contributed by atoms with E-state index in [1.54, 1.807) is 0 Å². The van der Waals surface area contributed by atoms with Gasteiger partial charge in [-0.1, -0.05) is 26.0 Å². The molecule has 0 radical (unpaired) electrons. The number of rotatable bonds is 7. The Morgan fingerprint density at radius 1 is 1.05 bits per heavy atom. The fourth-order valence-corrected chi connectivity index (χ4v) is 0.930. The lowest BCUT2D eigenvalue weighted by Gasteiger charge is -2.17. The molecule has 1 amide bonds. The van der Waals surface area contributed by atoms with Crippen LogP contribution in [0.5, 0.6) is 0 Å². The molecule has 0 aliphatic heterocycles. The van der Waals surface area contributed by atoms with E-state index in [1.165, 1.54) is 13.8 Å². The predicted molar refractivity (Wildman–Crippen MR) is 73.9 cm³/mol. The van der Waals surface area contributed by atoms with Gasteiger partial charge in [0.05, 0.1) is 0 Å². The maximum atomic E-state index is 11.2. The Kier molecular flexibility index (Phi) is 8.14. The highest BCUT2D eigenvalue weighted by molar-refractivity contribution is 7.78. The lowest BCUT2D eigenvalue weighted by molar-refractivity contribution is -0.147. The molecule has 0 aliphatic rings. The van der Waals surface area contributed by atoms with Crippen molar-refractivity contribution in [3.05, 3.63) is 24.3 Å². The molecule has 0 unspecified atom stereocenters. The average Bonchev–Trinajstić information content (AvgIpc) is 2.40. The zero-order valence-electron chi connectivity index (χ0n) is 11.3. The smallest absolute Gasteiger partial charge is 0.417 e. The number of amides is 1. The molecule has 112 valence electrons. The topological polar surface area (TPSA) is 90.9 Å². The minimum absolute atomic E-state index is 0.196. The Bertz CT molecular complexity index is 390. The van der Waals surface area contributed by atoms with Gasteiger partial charge in [-0.25, -0.2) is 14.4 Å². The number of ether oxygens (including phenoxy) is 3. The average molecular weight is 303 g/mol. The first-order valence-corrected chi connectivity index (χ1v) is 5.98. The van der Waals surface area contributed by atoms with Gasteiger partial charge in [-0.2, -0.15) is 0 Å². The van der Waals surface area contributed by atoms with E-state index in [-0.39, 0.29) is 24.4 Å². The van der Waals surface area contributed by atoms with Crippen molar-refractivity contribution in [2.75, 3.05) is 13.2 Å². The van der Waals surface area contributed by atoms with Gasteiger partial charge in [0.1, 0.15) is 13.2 Å². The zero-order valence-corrected chi connectivity index (χ0v) is 12.2. The normalized spacial score (nSPS) is 9.60. The van der Waals surface area contributed by atoms with Crippen molar-refractivity contribution < 1.29 is 28.6 Å². The second kappa shape index (κ2) is 9.03. The molecular weight excluding hydrogens is 286 g/mol. The first-order valence-electron chi connectivity index (χ1n) is 5.54. The number of esters is 2. The SMILES string of the molecule is C=C(C)C(=O)OCC(COC(=O)C(=C)C)OC(=O)NS. The van der Waals surface area contributed by atoms with Crippen molar-refractivity contribution in [3.63, 3.8) is 0 Å². The molecule has 0 heterocycles. The maximum absolute atomic E-state index is 11.2. The summed E-state index contributed by atoms with van der Waals surface area (Å²) in [6.07, 6.45) is -1.83. The van der Waals surface area contributed by atoms with Crippen LogP contribution in [-0.2, 0) is 23.8 Å². The van der Waals surface area contributed by atoms with Gasteiger partial charge < -0.3 is 14.2 Å². The summed E-state index contributed by atoms with van der Waals surface area (Å²) < 4.78 is 16.4. The van der Waals surface area contributed by atoms with Crippen LogP contribution >= 0.6 is 12.8 Å². The predicted octanol–water partition coefficient (Wildman–Crippen LogP) is 1.16. The number of thiol groups is 1. The van der Waals surface area contributed by atoms with Crippen LogP contribution in [0, 0.1) is 0 Å². The molecule has 0 aromatic rings. The minimum atomic E-state index is -0.964. The van der Waals surface area contributed by atoms with Crippen LogP contribution < -0.4 is 4.72 Å². The van der Waals surface area contributed by atoms with Gasteiger partial charge in [-0.3, -0.25) is 4.72 Å². The van der Waals surface area contributed by atoms with Gasteiger partial charge in [0, 0.05) is 11.1 Å². The summed E-state index contributed by atoms with van der Waals surface area (Å²) in [5.41, 5.74) is 0.391. The van der Waals surface area contributed by atoms with Gasteiger partial charge >= 0.3 is 18.0 Å². The molecule has 0 bridgehead atoms. The largest absolute Gasteiger partial charge is 0.458 e. The quantitative estimate of drug-likeness (QED) is 0.317. The van der Waals surface area contributed by atoms with Gasteiger partial charge in [-0.05, 0) is 13.8 Å². The van der Waals surface area contributed by atoms with Crippen molar-refractivity contribution in [1.29, 1.82) is 0 Å². The highest BCUT2D eigenvalue weighted by Crippen LogP contribution is 2.02. The van der Waals surface area contributed by atoms with Gasteiger partial charge in [0.15, 0.2) is 6.10 Å². The molecule has 0 saturated heterocycles. The van der Waals surface area contributed by atoms with Crippen LogP contribution in [0.1, 0.15) is 13.8 Å². The third-order valence-electron chi connectivity index (χ3n) is 1.86. The molecule has 0 fully saturated rings. The molecular formula is C12H17NO6S. The fraction of sp³-hybridized carbons (Fsp3) is 0.417. The van der Waals surface area contributed by atoms with E-state index in [2.05, 4.69) is 26.0 Å². The molecule has 0 aliphatic carbocycles. The molecule has 0 aromatic heterocycles. The molecule has 0 saturated carbocycles. The Hall–Kier alpha value is -1.96. The van der Waals surface area contributed by atoms with E-state index in [0.717, 1.165) is 0 Å². The van der Waals surface area contributed by atoms with Crippen molar-refractivity contribution in [3.8, 4) is 0 Å². The van der Waals surface area contributed by atoms with Crippen molar-refractivity contribution in [2.24, 2.45) is 0 Å². The number of hydrogen-bond acceptors (Lipinski definition) is 7. The van der Waals surface area contributed by atoms with Crippen molar-refractivity contribution in [2.45, 2.75) is 20.0 Å². The highest BCUT2D eigenvalue weighted by atomic mass is 32.1. The maximum Gasteiger partial charge on any atom is 0.417 e. The summed E-state index contributed by atoms with van der Waals surface area (Å²) in [4.78, 5) is 33.5. The molecule has 0 rings (SSSR count). The van der Waals surface area contributed by atoms with E-state index >= 15 is 0 Å². The highest BCUT2D eigenvalue weighted by Gasteiger charge is 2.19. The lowest BCUT2D eigenvalue weighted by atomic mass is 10.3. The van der Waals surface area contributed by atoms with Gasteiger partial charge in [0.2, 0.25) is 0 Å². The molecule has 1 N–H and O–H groups in total. The van der Waals surface area contributed by atoms with E-state index in [0.29, 0.717) is 0 Å². The first kappa shape index (κ1) is 18.0. The molecule has 8 heteroatoms. The standard InChI is InChI=1S/C12H17NO6S/c1-7(2)10(14)17-5-9(19-12(16)13-20)6-18-11(15)8(3)4/h9,20H,1,3,5-6H2,2,4H3,(H,13,16). The molecule has 20 heavy (non-hydrogen) atoms. The Morgan fingerprint density at radius 3 is 1.75 bits per heavy atom. The second-order valence-corrected chi connectivity index (χ2v) is 4.12. The first-order chi connectivity index (χ1) is 9.27. The van der Waals surface area contributed by atoms with E-state index in [9.17, 15) is 14.4 Å². The number of carbonyl (C=O) groups is 3. The van der Waals surface area contributed by atoms with E-state index in [1.807, 2.05) is 4.72 Å². The third-order valence-corrected chi connectivity index (χ3v) is 2.05. The summed E-state index contributed by atoms with van der Waals surface area (Å²) in [6.45, 7) is 9.19. The summed E-state index contributed by atoms with van der Waals surface area (Å²) in [5, 5.41) is 0. The third kappa shape index (κ3) is 7.47. The minimum Gasteiger partial charge on any atom is -0.458 e. The summed E-state index contributed by atoms with van der Waals surface area (Å²) in [5.74, 6) is -1.28. The number of hydrogen-bond donors (Lipinski definition) is 2. The molecule has 7 nitrogen and oxygen atoms in total. The van der Waals surface area contributed by atoms with Gasteiger partial charge in [0.25, 0.3) is 0 Å². The number of nitrogens with one attached hydrogen (secondary N) is 1. The summed E-state index contributed by atoms with van der Waals surface area (Å²) >= 11 is 3.50. The van der Waals surface area contributed by atoms with Crippen LogP contribution in [0.25, 0.3) is 0 Å². The molecule has 0 aromatic carbocycles. The Labute approximate surface area is 122 Å². The summed E-state index contributed by atoms with van der Waals surface area (Å²) in [6, 6.07) is 0. The van der Waals surface area contributed by atoms with Crippen LogP contribution in [0.2, 0.25) is 0 Å². The van der Waals surface area contributed by atoms with Crippen LogP contribution in [0.3, 0.4) is 0 Å². The zero-order chi connectivity index (χ0) is 15.7. The van der Waals surface area contributed by atoms with Crippen LogP contribution in [-0.4, -0.2) is 37.3 Å². The Balaban J connectivity index is 4.44. The second-order valence-electron chi connectivity index (χ2n) is 3.90. The van der Waals surface area contributed by atoms with E-state index in [4.69, 9.17) is 14.2 Å². The fourth-order valence-electron chi connectivity index (χ4n) is 0.878. The van der Waals surface area contributed by atoms with Gasteiger partial charge in [-0.15, -0.1) is 0 Å². The van der Waals surface area contributed by atoms with Crippen molar-refractivity contribution in [1.82, 2.24) is 4.72 Å². The Morgan fingerprint density at radius 2 is 1.45 bits per heavy atom. The van der Waals surface area contributed by atoms with Crippen LogP contribution in [0.4, 0.5) is 4.79 Å². The summed E-state index contributed by atoms with van der Waals surface area (Å²) in [7, 11) is 0.